The predicted molar refractivity (Wildman–Crippen MR) is 104 cm³/mol. The van der Waals surface area contributed by atoms with Crippen LogP contribution in [0.1, 0.15) is 26.3 Å². The second-order valence-corrected chi connectivity index (χ2v) is 7.50. The van der Waals surface area contributed by atoms with Crippen LogP contribution < -0.4 is 19.0 Å². The molecule has 0 aliphatic carbocycles. The van der Waals surface area contributed by atoms with Crippen molar-refractivity contribution in [3.8, 4) is 17.2 Å². The van der Waals surface area contributed by atoms with Gasteiger partial charge in [0.1, 0.15) is 5.75 Å². The molecule has 0 aromatic heterocycles. The molecular weight excluding hydrogens is 368 g/mol. The Balaban J connectivity index is 2.08. The van der Waals surface area contributed by atoms with E-state index in [1.165, 1.54) is 25.5 Å². The average Bonchev–Trinajstić information content (AvgIpc) is 2.63. The Bertz CT molecular complexity index is 877. The van der Waals surface area contributed by atoms with Crippen LogP contribution in [0.2, 0.25) is 0 Å². The number of nitrogens with zero attached hydrogens (tertiary/aromatic N) is 1. The SMILES string of the molecule is CCOc1ccc(/C=N/NS(=O)(=O)c2ccc(OC(C)C)cc2)cc1OC. The van der Waals surface area contributed by atoms with Crippen LogP contribution in [0.15, 0.2) is 52.5 Å². The minimum Gasteiger partial charge on any atom is -0.493 e. The van der Waals surface area contributed by atoms with Crippen molar-refractivity contribution in [2.24, 2.45) is 5.10 Å². The first-order valence-electron chi connectivity index (χ1n) is 8.48. The highest BCUT2D eigenvalue weighted by atomic mass is 32.2. The van der Waals surface area contributed by atoms with Crippen molar-refractivity contribution < 1.29 is 22.6 Å². The maximum absolute atomic E-state index is 12.3. The number of hydrogen-bond acceptors (Lipinski definition) is 6. The number of rotatable bonds is 9. The van der Waals surface area contributed by atoms with Gasteiger partial charge in [0.2, 0.25) is 0 Å². The lowest BCUT2D eigenvalue weighted by molar-refractivity contribution is 0.242. The van der Waals surface area contributed by atoms with E-state index in [1.54, 1.807) is 30.3 Å². The smallest absolute Gasteiger partial charge is 0.276 e. The van der Waals surface area contributed by atoms with Gasteiger partial charge in [0.05, 0.1) is 30.9 Å². The molecule has 8 heteroatoms. The number of benzene rings is 2. The Kier molecular flexibility index (Phi) is 7.06. The number of sulfonamides is 1. The fraction of sp³-hybridized carbons (Fsp3) is 0.316. The highest BCUT2D eigenvalue weighted by Crippen LogP contribution is 2.27. The zero-order valence-electron chi connectivity index (χ0n) is 15.8. The molecule has 2 rings (SSSR count). The Hall–Kier alpha value is -2.74. The van der Waals surface area contributed by atoms with E-state index in [-0.39, 0.29) is 11.0 Å². The van der Waals surface area contributed by atoms with Gasteiger partial charge in [-0.25, -0.2) is 4.83 Å². The molecule has 0 bridgehead atoms. The first kappa shape index (κ1) is 20.6. The molecule has 27 heavy (non-hydrogen) atoms. The summed E-state index contributed by atoms with van der Waals surface area (Å²) < 4.78 is 40.8. The Morgan fingerprint density at radius 2 is 1.81 bits per heavy atom. The molecule has 146 valence electrons. The van der Waals surface area contributed by atoms with Crippen molar-refractivity contribution in [1.82, 2.24) is 4.83 Å². The summed E-state index contributed by atoms with van der Waals surface area (Å²) in [6.07, 6.45) is 1.41. The summed E-state index contributed by atoms with van der Waals surface area (Å²) >= 11 is 0. The molecule has 2 aromatic carbocycles. The van der Waals surface area contributed by atoms with E-state index in [1.807, 2.05) is 20.8 Å². The van der Waals surface area contributed by atoms with Gasteiger partial charge in [0.25, 0.3) is 10.0 Å². The third-order valence-electron chi connectivity index (χ3n) is 3.38. The standard InChI is InChI=1S/C19H24N2O5S/c1-5-25-18-11-6-15(12-19(18)24-4)13-20-21-27(22,23)17-9-7-16(8-10-17)26-14(2)3/h6-14,21H,5H2,1-4H3/b20-13+. The average molecular weight is 392 g/mol. The van der Waals surface area contributed by atoms with E-state index in [9.17, 15) is 8.42 Å². The molecule has 0 saturated carbocycles. The summed E-state index contributed by atoms with van der Waals surface area (Å²) in [5, 5.41) is 3.82. The fourth-order valence-electron chi connectivity index (χ4n) is 2.23. The summed E-state index contributed by atoms with van der Waals surface area (Å²) in [5.41, 5.74) is 0.665. The second kappa shape index (κ2) is 9.27. The van der Waals surface area contributed by atoms with E-state index in [0.717, 1.165) is 0 Å². The molecule has 2 aromatic rings. The molecular formula is C19H24N2O5S. The lowest BCUT2D eigenvalue weighted by Crippen LogP contribution is -2.18. The number of ether oxygens (including phenoxy) is 3. The first-order valence-corrected chi connectivity index (χ1v) is 9.96. The molecule has 7 nitrogen and oxygen atoms in total. The third kappa shape index (κ3) is 5.89. The molecule has 1 N–H and O–H groups in total. The van der Waals surface area contributed by atoms with E-state index in [4.69, 9.17) is 14.2 Å². The zero-order valence-corrected chi connectivity index (χ0v) is 16.6. The molecule has 0 radical (unpaired) electrons. The summed E-state index contributed by atoms with van der Waals surface area (Å²) in [6.45, 7) is 6.20. The third-order valence-corrected chi connectivity index (χ3v) is 4.62. The summed E-state index contributed by atoms with van der Waals surface area (Å²) in [5.74, 6) is 1.76. The largest absolute Gasteiger partial charge is 0.493 e. The molecule has 0 heterocycles. The van der Waals surface area contributed by atoms with Gasteiger partial charge in [0.15, 0.2) is 11.5 Å². The van der Waals surface area contributed by atoms with Gasteiger partial charge >= 0.3 is 0 Å². The van der Waals surface area contributed by atoms with Crippen LogP contribution in [-0.2, 0) is 10.0 Å². The van der Waals surface area contributed by atoms with Crippen LogP contribution in [-0.4, -0.2) is 34.5 Å². The van der Waals surface area contributed by atoms with Gasteiger partial charge in [-0.1, -0.05) is 0 Å². The highest BCUT2D eigenvalue weighted by Gasteiger charge is 2.13. The minimum atomic E-state index is -3.77. The van der Waals surface area contributed by atoms with Gasteiger partial charge in [-0.2, -0.15) is 13.5 Å². The Labute approximate surface area is 160 Å². The van der Waals surface area contributed by atoms with Gasteiger partial charge in [-0.3, -0.25) is 0 Å². The topological polar surface area (TPSA) is 86.2 Å². The lowest BCUT2D eigenvalue weighted by atomic mass is 10.2. The van der Waals surface area contributed by atoms with Crippen LogP contribution in [0.25, 0.3) is 0 Å². The normalized spacial score (nSPS) is 11.6. The predicted octanol–water partition coefficient (Wildman–Crippen LogP) is 3.19. The quantitative estimate of drug-likeness (QED) is 0.523. The summed E-state index contributed by atoms with van der Waals surface area (Å²) in [4.78, 5) is 2.29. The maximum atomic E-state index is 12.3. The molecule has 0 aliphatic rings. The van der Waals surface area contributed by atoms with Crippen molar-refractivity contribution in [3.63, 3.8) is 0 Å². The summed E-state index contributed by atoms with van der Waals surface area (Å²) in [7, 11) is -2.23. The second-order valence-electron chi connectivity index (χ2n) is 5.83. The molecule has 0 unspecified atom stereocenters. The van der Waals surface area contributed by atoms with Crippen LogP contribution in [0.5, 0.6) is 17.2 Å². The monoisotopic (exact) mass is 392 g/mol. The Morgan fingerprint density at radius 3 is 2.41 bits per heavy atom. The van der Waals surface area contributed by atoms with Crippen molar-refractivity contribution in [3.05, 3.63) is 48.0 Å². The Morgan fingerprint density at radius 1 is 1.11 bits per heavy atom. The maximum Gasteiger partial charge on any atom is 0.276 e. The van der Waals surface area contributed by atoms with E-state index >= 15 is 0 Å². The molecule has 0 aliphatic heterocycles. The van der Waals surface area contributed by atoms with Crippen molar-refractivity contribution in [2.45, 2.75) is 31.8 Å². The number of nitrogens with one attached hydrogen (secondary N) is 1. The number of hydrazone groups is 1. The van der Waals surface area contributed by atoms with Crippen LogP contribution in [0.3, 0.4) is 0 Å². The van der Waals surface area contributed by atoms with Crippen LogP contribution >= 0.6 is 0 Å². The van der Waals surface area contributed by atoms with Crippen molar-refractivity contribution in [1.29, 1.82) is 0 Å². The van der Waals surface area contributed by atoms with E-state index in [2.05, 4.69) is 9.93 Å². The zero-order chi connectivity index (χ0) is 19.9. The fourth-order valence-corrected chi connectivity index (χ4v) is 3.02. The first-order chi connectivity index (χ1) is 12.9. The molecule has 0 saturated heterocycles. The molecule has 0 spiro atoms. The van der Waals surface area contributed by atoms with Gasteiger partial charge in [-0.05, 0) is 68.8 Å². The number of methoxy groups -OCH3 is 1. The molecule has 0 fully saturated rings. The van der Waals surface area contributed by atoms with Gasteiger partial charge in [0, 0.05) is 0 Å². The van der Waals surface area contributed by atoms with Crippen molar-refractivity contribution in [2.75, 3.05) is 13.7 Å². The van der Waals surface area contributed by atoms with Crippen LogP contribution in [0, 0.1) is 0 Å². The minimum absolute atomic E-state index is 0.0151. The lowest BCUT2D eigenvalue weighted by Gasteiger charge is -2.10. The van der Waals surface area contributed by atoms with E-state index in [0.29, 0.717) is 29.4 Å². The highest BCUT2D eigenvalue weighted by molar-refractivity contribution is 7.89. The van der Waals surface area contributed by atoms with Crippen LogP contribution in [0.4, 0.5) is 0 Å². The summed E-state index contributed by atoms with van der Waals surface area (Å²) in [6, 6.07) is 11.4. The molecule has 0 atom stereocenters. The molecule has 0 amide bonds. The van der Waals surface area contributed by atoms with Crippen molar-refractivity contribution >= 4 is 16.2 Å². The number of hydrogen-bond donors (Lipinski definition) is 1. The van der Waals surface area contributed by atoms with Gasteiger partial charge < -0.3 is 14.2 Å². The van der Waals surface area contributed by atoms with Gasteiger partial charge in [-0.15, -0.1) is 0 Å². The van der Waals surface area contributed by atoms with E-state index < -0.39 is 10.0 Å².